The van der Waals surface area contributed by atoms with Crippen molar-refractivity contribution in [2.75, 3.05) is 20.3 Å². The molecule has 2 aromatic carbocycles. The summed E-state index contributed by atoms with van der Waals surface area (Å²) in [5.74, 6) is 1.21. The predicted molar refractivity (Wildman–Crippen MR) is 115 cm³/mol. The average Bonchev–Trinajstić information content (AvgIpc) is 2.78. The van der Waals surface area contributed by atoms with Gasteiger partial charge in [0.1, 0.15) is 23.3 Å². The van der Waals surface area contributed by atoms with Gasteiger partial charge in [0.05, 0.1) is 18.1 Å². The largest absolute Gasteiger partial charge is 0.497 e. The lowest BCUT2D eigenvalue weighted by molar-refractivity contribution is -0.136. The van der Waals surface area contributed by atoms with Crippen LogP contribution in [0.2, 0.25) is 0 Å². The molecule has 156 valence electrons. The molecule has 1 aromatic heterocycles. The number of amides is 1. The topological polar surface area (TPSA) is 69.0 Å². The number of piperidine rings is 1. The van der Waals surface area contributed by atoms with Crippen molar-refractivity contribution in [1.82, 2.24) is 4.90 Å². The van der Waals surface area contributed by atoms with Gasteiger partial charge >= 0.3 is 0 Å². The fourth-order valence-electron chi connectivity index (χ4n) is 3.86. The summed E-state index contributed by atoms with van der Waals surface area (Å²) < 4.78 is 16.6. The van der Waals surface area contributed by atoms with E-state index in [2.05, 4.69) is 6.92 Å². The Morgan fingerprint density at radius 3 is 2.63 bits per heavy atom. The summed E-state index contributed by atoms with van der Waals surface area (Å²) in [5.41, 5.74) is 1.54. The monoisotopic (exact) mass is 407 g/mol. The Balaban J connectivity index is 1.52. The number of methoxy groups -OCH3 is 1. The van der Waals surface area contributed by atoms with E-state index >= 15 is 0 Å². The van der Waals surface area contributed by atoms with E-state index in [1.165, 1.54) is 6.26 Å². The van der Waals surface area contributed by atoms with Gasteiger partial charge in [0.2, 0.25) is 0 Å². The number of nitrogens with zero attached hydrogens (tertiary/aromatic N) is 1. The van der Waals surface area contributed by atoms with Crippen LogP contribution in [0, 0.1) is 0 Å². The summed E-state index contributed by atoms with van der Waals surface area (Å²) in [4.78, 5) is 27.3. The minimum atomic E-state index is -0.119. The van der Waals surface area contributed by atoms with E-state index < -0.39 is 0 Å². The van der Waals surface area contributed by atoms with Crippen molar-refractivity contribution >= 4 is 16.9 Å². The van der Waals surface area contributed by atoms with Crippen molar-refractivity contribution in [3.63, 3.8) is 0 Å². The van der Waals surface area contributed by atoms with Crippen LogP contribution < -0.4 is 14.9 Å². The van der Waals surface area contributed by atoms with Crippen molar-refractivity contribution in [2.24, 2.45) is 0 Å². The molecule has 30 heavy (non-hydrogen) atoms. The Morgan fingerprint density at radius 2 is 1.90 bits per heavy atom. The molecule has 1 aliphatic heterocycles. The Kier molecular flexibility index (Phi) is 5.74. The van der Waals surface area contributed by atoms with Crippen LogP contribution in [0.25, 0.3) is 22.1 Å². The molecule has 0 N–H and O–H groups in total. The van der Waals surface area contributed by atoms with Gasteiger partial charge in [0.25, 0.3) is 5.91 Å². The van der Waals surface area contributed by atoms with E-state index in [1.807, 2.05) is 17.0 Å². The summed E-state index contributed by atoms with van der Waals surface area (Å²) in [6.45, 7) is 2.83. The Bertz CT molecular complexity index is 1100. The lowest BCUT2D eigenvalue weighted by Gasteiger charge is -2.33. The molecule has 0 radical (unpaired) electrons. The van der Waals surface area contributed by atoms with Crippen LogP contribution in [-0.2, 0) is 4.79 Å². The number of carbonyl (C=O) groups is 1. The average molecular weight is 407 g/mol. The van der Waals surface area contributed by atoms with Gasteiger partial charge in [-0.15, -0.1) is 0 Å². The molecule has 0 unspecified atom stereocenters. The molecule has 0 spiro atoms. The van der Waals surface area contributed by atoms with Gasteiger partial charge in [0, 0.05) is 18.7 Å². The Morgan fingerprint density at radius 1 is 1.13 bits per heavy atom. The van der Waals surface area contributed by atoms with E-state index in [0.717, 1.165) is 37.1 Å². The first-order valence-corrected chi connectivity index (χ1v) is 10.2. The number of benzene rings is 2. The number of rotatable bonds is 5. The summed E-state index contributed by atoms with van der Waals surface area (Å²) in [6, 6.07) is 12.5. The van der Waals surface area contributed by atoms with Gasteiger partial charge in [-0.1, -0.05) is 12.1 Å². The van der Waals surface area contributed by atoms with Crippen LogP contribution in [0.5, 0.6) is 11.5 Å². The molecule has 6 nitrogen and oxygen atoms in total. The zero-order valence-electron chi connectivity index (χ0n) is 17.2. The number of hydrogen-bond acceptors (Lipinski definition) is 5. The van der Waals surface area contributed by atoms with Crippen LogP contribution in [0.3, 0.4) is 0 Å². The highest BCUT2D eigenvalue weighted by molar-refractivity contribution is 5.83. The number of ether oxygens (including phenoxy) is 2. The third-order valence-electron chi connectivity index (χ3n) is 5.63. The highest BCUT2D eigenvalue weighted by Crippen LogP contribution is 2.25. The van der Waals surface area contributed by atoms with E-state index in [-0.39, 0.29) is 24.0 Å². The van der Waals surface area contributed by atoms with Crippen LogP contribution in [0.1, 0.15) is 26.2 Å². The molecule has 6 heteroatoms. The summed E-state index contributed by atoms with van der Waals surface area (Å²) >= 11 is 0. The summed E-state index contributed by atoms with van der Waals surface area (Å²) in [7, 11) is 1.60. The van der Waals surface area contributed by atoms with Crippen molar-refractivity contribution in [3.8, 4) is 22.6 Å². The molecular formula is C24H25NO5. The number of fused-ring (bicyclic) bond motifs is 1. The normalized spacial score (nSPS) is 16.5. The minimum absolute atomic E-state index is 0.0152. The molecule has 2 heterocycles. The standard InChI is InChI=1S/C24H25NO5/c1-16-5-3-4-12-25(16)23(26)15-29-19-10-11-20-22(13-19)30-14-21(24(20)27)17-6-8-18(28-2)9-7-17/h6-11,13-14,16H,3-5,12,15H2,1-2H3/t16-/m1/s1. The zero-order valence-corrected chi connectivity index (χ0v) is 17.2. The van der Waals surface area contributed by atoms with E-state index in [9.17, 15) is 9.59 Å². The molecule has 0 bridgehead atoms. The SMILES string of the molecule is COc1ccc(-c2coc3cc(OCC(=O)N4CCCC[C@H]4C)ccc3c2=O)cc1. The van der Waals surface area contributed by atoms with E-state index in [1.54, 1.807) is 37.4 Å². The second kappa shape index (κ2) is 8.61. The molecule has 0 aliphatic carbocycles. The fraction of sp³-hybridized carbons (Fsp3) is 0.333. The lowest BCUT2D eigenvalue weighted by atomic mass is 10.0. The fourth-order valence-corrected chi connectivity index (χ4v) is 3.86. The lowest BCUT2D eigenvalue weighted by Crippen LogP contribution is -2.44. The van der Waals surface area contributed by atoms with Crippen LogP contribution >= 0.6 is 0 Å². The molecule has 1 saturated heterocycles. The first kappa shape index (κ1) is 20.0. The first-order chi connectivity index (χ1) is 14.6. The molecule has 1 atom stereocenters. The summed E-state index contributed by atoms with van der Waals surface area (Å²) in [6.07, 6.45) is 4.68. The van der Waals surface area contributed by atoms with Crippen LogP contribution in [0.4, 0.5) is 0 Å². The number of likely N-dealkylation sites (tertiary alicyclic amines) is 1. The quantitative estimate of drug-likeness (QED) is 0.633. The van der Waals surface area contributed by atoms with Gasteiger partial charge in [-0.2, -0.15) is 0 Å². The van der Waals surface area contributed by atoms with Crippen molar-refractivity contribution in [1.29, 1.82) is 0 Å². The van der Waals surface area contributed by atoms with E-state index in [4.69, 9.17) is 13.9 Å². The predicted octanol–water partition coefficient (Wildman–Crippen LogP) is 4.25. The van der Waals surface area contributed by atoms with Crippen molar-refractivity contribution in [2.45, 2.75) is 32.2 Å². The van der Waals surface area contributed by atoms with Gasteiger partial charge < -0.3 is 18.8 Å². The molecule has 3 aromatic rings. The van der Waals surface area contributed by atoms with E-state index in [0.29, 0.717) is 22.3 Å². The van der Waals surface area contributed by atoms with Gasteiger partial charge in [-0.3, -0.25) is 9.59 Å². The number of hydrogen-bond donors (Lipinski definition) is 0. The second-order valence-electron chi connectivity index (χ2n) is 7.59. The van der Waals surface area contributed by atoms with Crippen molar-refractivity contribution < 1.29 is 18.7 Å². The Hall–Kier alpha value is -3.28. The molecule has 1 aliphatic rings. The first-order valence-electron chi connectivity index (χ1n) is 10.2. The third-order valence-corrected chi connectivity index (χ3v) is 5.63. The molecule has 1 amide bonds. The molecular weight excluding hydrogens is 382 g/mol. The maximum atomic E-state index is 12.9. The van der Waals surface area contributed by atoms with Crippen LogP contribution in [0.15, 0.2) is 57.9 Å². The summed E-state index contributed by atoms with van der Waals surface area (Å²) in [5, 5.41) is 0.464. The zero-order chi connectivity index (χ0) is 21.1. The number of carbonyl (C=O) groups excluding carboxylic acids is 1. The third kappa shape index (κ3) is 4.03. The Labute approximate surface area is 175 Å². The smallest absolute Gasteiger partial charge is 0.260 e. The van der Waals surface area contributed by atoms with Crippen LogP contribution in [-0.4, -0.2) is 37.1 Å². The highest BCUT2D eigenvalue weighted by Gasteiger charge is 2.23. The minimum Gasteiger partial charge on any atom is -0.497 e. The second-order valence-corrected chi connectivity index (χ2v) is 7.59. The molecule has 0 saturated carbocycles. The molecule has 4 rings (SSSR count). The van der Waals surface area contributed by atoms with Gasteiger partial charge in [-0.25, -0.2) is 0 Å². The maximum absolute atomic E-state index is 12.9. The van der Waals surface area contributed by atoms with Gasteiger partial charge in [0.15, 0.2) is 12.0 Å². The van der Waals surface area contributed by atoms with Crippen molar-refractivity contribution in [3.05, 3.63) is 59.0 Å². The van der Waals surface area contributed by atoms with Gasteiger partial charge in [-0.05, 0) is 56.0 Å². The molecule has 1 fully saturated rings. The maximum Gasteiger partial charge on any atom is 0.260 e. The highest BCUT2D eigenvalue weighted by atomic mass is 16.5.